The molecule has 1 aliphatic rings. The van der Waals surface area contributed by atoms with Gasteiger partial charge in [0.25, 0.3) is 0 Å². The largest absolute Gasteiger partial charge is 0.456 e. The SMILES string of the molecule is c1ccc(-c2cc(-c3cc(-c4cccc(-c5cccc6c5-c5ccccc5C6(c5ccccc5)c5ccccc5)c4)cc(-c4ccc5oc6ccccc6c5c4)c3)nc(-c3ccccc3)n2)cc1. The molecule has 0 spiro atoms. The van der Waals surface area contributed by atoms with Crippen LogP contribution in [0.25, 0.3) is 100 Å². The fourth-order valence-electron chi connectivity index (χ4n) is 10.7. The predicted molar refractivity (Wildman–Crippen MR) is 279 cm³/mol. The van der Waals surface area contributed by atoms with E-state index in [0.717, 1.165) is 77.8 Å². The van der Waals surface area contributed by atoms with E-state index in [-0.39, 0.29) is 0 Å². The van der Waals surface area contributed by atoms with Gasteiger partial charge in [-0.2, -0.15) is 0 Å². The minimum atomic E-state index is -0.485. The van der Waals surface area contributed by atoms with Gasteiger partial charge in [0, 0.05) is 27.5 Å². The van der Waals surface area contributed by atoms with E-state index in [1.165, 1.54) is 38.9 Å². The second-order valence-corrected chi connectivity index (χ2v) is 17.6. The molecule has 3 nitrogen and oxygen atoms in total. The Morgan fingerprint density at radius 2 is 0.794 bits per heavy atom. The van der Waals surface area contributed by atoms with Crippen LogP contribution in [-0.4, -0.2) is 9.97 Å². The van der Waals surface area contributed by atoms with Crippen molar-refractivity contribution in [1.29, 1.82) is 0 Å². The molecule has 0 unspecified atom stereocenters. The van der Waals surface area contributed by atoms with Gasteiger partial charge in [0.15, 0.2) is 5.82 Å². The molecule has 13 rings (SSSR count). The minimum Gasteiger partial charge on any atom is -0.456 e. The maximum Gasteiger partial charge on any atom is 0.160 e. The highest BCUT2D eigenvalue weighted by molar-refractivity contribution is 6.06. The third-order valence-corrected chi connectivity index (χ3v) is 13.8. The second-order valence-electron chi connectivity index (χ2n) is 17.6. The van der Waals surface area contributed by atoms with Gasteiger partial charge in [0.2, 0.25) is 0 Å². The molecule has 0 N–H and O–H groups in total. The number of rotatable bonds is 8. The van der Waals surface area contributed by atoms with Crippen molar-refractivity contribution >= 4 is 21.9 Å². The molecule has 3 heteroatoms. The summed E-state index contributed by atoms with van der Waals surface area (Å²) in [6, 6.07) is 91.4. The Balaban J connectivity index is 1.02. The number of aromatic nitrogens is 2. The number of furan rings is 1. The van der Waals surface area contributed by atoms with E-state index in [9.17, 15) is 0 Å². The second kappa shape index (κ2) is 16.2. The molecular weight excluding hydrogens is 825 g/mol. The average Bonchev–Trinajstić information content (AvgIpc) is 3.95. The van der Waals surface area contributed by atoms with Crippen LogP contribution in [0.3, 0.4) is 0 Å². The Bertz CT molecular complexity index is 3740. The molecule has 12 aromatic rings. The van der Waals surface area contributed by atoms with Crippen LogP contribution in [-0.2, 0) is 5.41 Å². The standard InChI is InChI=1S/C65H42N2O/c1-5-19-43(20-6-1)59-42-60(67-64(66-59)44-21-7-2-8-22-44)50-39-48(38-49(40-50)46-35-36-62-56(41-46)54-29-14-16-34-61(54)68-62)45-23-17-24-47(37-45)53-31-18-33-58-63(53)55-30-13-15-32-57(55)65(58,51-25-9-3-10-26-51)52-27-11-4-12-28-52/h1-42H. The van der Waals surface area contributed by atoms with Crippen LogP contribution in [0.1, 0.15) is 22.3 Å². The molecule has 0 aliphatic heterocycles. The fourth-order valence-corrected chi connectivity index (χ4v) is 10.7. The summed E-state index contributed by atoms with van der Waals surface area (Å²) >= 11 is 0. The third kappa shape index (κ3) is 6.51. The van der Waals surface area contributed by atoms with Crippen LogP contribution in [0.4, 0.5) is 0 Å². The van der Waals surface area contributed by atoms with E-state index < -0.39 is 5.41 Å². The quantitative estimate of drug-likeness (QED) is 0.153. The van der Waals surface area contributed by atoms with Crippen LogP contribution in [0.2, 0.25) is 0 Å². The maximum absolute atomic E-state index is 6.29. The highest BCUT2D eigenvalue weighted by atomic mass is 16.3. The smallest absolute Gasteiger partial charge is 0.160 e. The Morgan fingerprint density at radius 1 is 0.294 bits per heavy atom. The lowest BCUT2D eigenvalue weighted by molar-refractivity contribution is 0.669. The first-order chi connectivity index (χ1) is 33.7. The van der Waals surface area contributed by atoms with Gasteiger partial charge in [-0.1, -0.05) is 206 Å². The number of para-hydroxylation sites is 1. The normalized spacial score (nSPS) is 12.5. The molecule has 0 amide bonds. The summed E-state index contributed by atoms with van der Waals surface area (Å²) < 4.78 is 6.29. The zero-order valence-electron chi connectivity index (χ0n) is 37.1. The lowest BCUT2D eigenvalue weighted by Crippen LogP contribution is -2.28. The fraction of sp³-hybridized carbons (Fsp3) is 0.0154. The molecule has 68 heavy (non-hydrogen) atoms. The zero-order chi connectivity index (χ0) is 45.0. The van der Waals surface area contributed by atoms with Crippen molar-refractivity contribution in [2.75, 3.05) is 0 Å². The first kappa shape index (κ1) is 39.4. The van der Waals surface area contributed by atoms with Crippen LogP contribution in [0.5, 0.6) is 0 Å². The summed E-state index contributed by atoms with van der Waals surface area (Å²) in [5.74, 6) is 0.683. The molecule has 0 radical (unpaired) electrons. The van der Waals surface area contributed by atoms with E-state index >= 15 is 0 Å². The Labute approximate surface area is 395 Å². The molecule has 1 aliphatic carbocycles. The average molecular weight is 867 g/mol. The zero-order valence-corrected chi connectivity index (χ0v) is 37.1. The third-order valence-electron chi connectivity index (χ3n) is 13.8. The van der Waals surface area contributed by atoms with Gasteiger partial charge < -0.3 is 4.42 Å². The maximum atomic E-state index is 6.29. The molecule has 0 bridgehead atoms. The van der Waals surface area contributed by atoms with Crippen molar-refractivity contribution in [2.24, 2.45) is 0 Å². The summed E-state index contributed by atoms with van der Waals surface area (Å²) in [6.45, 7) is 0. The summed E-state index contributed by atoms with van der Waals surface area (Å²) in [7, 11) is 0. The van der Waals surface area contributed by atoms with Crippen molar-refractivity contribution in [3.63, 3.8) is 0 Å². The topological polar surface area (TPSA) is 38.9 Å². The molecule has 0 fully saturated rings. The van der Waals surface area contributed by atoms with Crippen molar-refractivity contribution in [2.45, 2.75) is 5.41 Å². The van der Waals surface area contributed by atoms with Crippen LogP contribution in [0, 0.1) is 0 Å². The van der Waals surface area contributed by atoms with Gasteiger partial charge in [0.05, 0.1) is 16.8 Å². The molecule has 0 saturated heterocycles. The van der Waals surface area contributed by atoms with E-state index in [1.54, 1.807) is 0 Å². The molecule has 0 saturated carbocycles. The first-order valence-electron chi connectivity index (χ1n) is 23.2. The molecule has 10 aromatic carbocycles. The Hall–Kier alpha value is -8.92. The number of fused-ring (bicyclic) bond motifs is 6. The Morgan fingerprint density at radius 3 is 1.53 bits per heavy atom. The van der Waals surface area contributed by atoms with Gasteiger partial charge in [-0.05, 0) is 115 Å². The highest BCUT2D eigenvalue weighted by Gasteiger charge is 2.46. The molecule has 318 valence electrons. The van der Waals surface area contributed by atoms with Gasteiger partial charge in [-0.15, -0.1) is 0 Å². The van der Waals surface area contributed by atoms with E-state index in [1.807, 2.05) is 36.4 Å². The van der Waals surface area contributed by atoms with E-state index in [0.29, 0.717) is 5.82 Å². The number of nitrogens with zero attached hydrogens (tertiary/aromatic N) is 2. The summed E-state index contributed by atoms with van der Waals surface area (Å²) in [5, 5.41) is 2.19. The van der Waals surface area contributed by atoms with Gasteiger partial charge in [0.1, 0.15) is 11.2 Å². The number of hydrogen-bond acceptors (Lipinski definition) is 3. The Kier molecular flexibility index (Phi) is 9.40. The van der Waals surface area contributed by atoms with Crippen LogP contribution >= 0.6 is 0 Å². The van der Waals surface area contributed by atoms with Crippen LogP contribution in [0.15, 0.2) is 259 Å². The molecule has 2 aromatic heterocycles. The highest BCUT2D eigenvalue weighted by Crippen LogP contribution is 2.58. The van der Waals surface area contributed by atoms with Gasteiger partial charge >= 0.3 is 0 Å². The summed E-state index contributed by atoms with van der Waals surface area (Å²) in [4.78, 5) is 10.4. The lowest BCUT2D eigenvalue weighted by Gasteiger charge is -2.34. The summed E-state index contributed by atoms with van der Waals surface area (Å²) in [5.41, 5.74) is 20.4. The van der Waals surface area contributed by atoms with Gasteiger partial charge in [-0.3, -0.25) is 0 Å². The van der Waals surface area contributed by atoms with E-state index in [4.69, 9.17) is 14.4 Å². The molecular formula is C65H42N2O. The van der Waals surface area contributed by atoms with Crippen molar-refractivity contribution < 1.29 is 4.42 Å². The monoisotopic (exact) mass is 866 g/mol. The first-order valence-corrected chi connectivity index (χ1v) is 23.2. The minimum absolute atomic E-state index is 0.485. The van der Waals surface area contributed by atoms with Gasteiger partial charge in [-0.25, -0.2) is 9.97 Å². The van der Waals surface area contributed by atoms with E-state index in [2.05, 4.69) is 218 Å². The molecule has 0 atom stereocenters. The number of hydrogen-bond donors (Lipinski definition) is 0. The van der Waals surface area contributed by atoms with Crippen molar-refractivity contribution in [3.8, 4) is 78.4 Å². The van der Waals surface area contributed by atoms with Crippen molar-refractivity contribution in [1.82, 2.24) is 9.97 Å². The van der Waals surface area contributed by atoms with Crippen molar-refractivity contribution in [3.05, 3.63) is 277 Å². The predicted octanol–water partition coefficient (Wildman–Crippen LogP) is 16.7. The van der Waals surface area contributed by atoms with Crippen LogP contribution < -0.4 is 0 Å². The summed E-state index contributed by atoms with van der Waals surface area (Å²) in [6.07, 6.45) is 0. The lowest BCUT2D eigenvalue weighted by atomic mass is 9.67. The molecule has 2 heterocycles. The number of benzene rings is 10.